The number of hydrogen-bond acceptors (Lipinski definition) is 8. The second kappa shape index (κ2) is 33.9. The second-order valence-electron chi connectivity index (χ2n) is 20.7. The van der Waals surface area contributed by atoms with Gasteiger partial charge in [-0.1, -0.05) is 253 Å². The maximum Gasteiger partial charge on any atom is 0.240 e. The lowest BCUT2D eigenvalue weighted by Crippen LogP contribution is -2.59. The minimum absolute atomic E-state index is 0.0261. The molecule has 1 aliphatic rings. The van der Waals surface area contributed by atoms with E-state index >= 15 is 0 Å². The molecule has 0 spiro atoms. The van der Waals surface area contributed by atoms with Crippen molar-refractivity contribution in [1.29, 1.82) is 0 Å². The summed E-state index contributed by atoms with van der Waals surface area (Å²) >= 11 is 0. The fourth-order valence-corrected chi connectivity index (χ4v) is 11.3. The van der Waals surface area contributed by atoms with Crippen LogP contribution in [0, 0.1) is 12.8 Å². The first kappa shape index (κ1) is 59.4. The lowest BCUT2D eigenvalue weighted by Gasteiger charge is -2.46. The van der Waals surface area contributed by atoms with E-state index in [1.54, 1.807) is 12.1 Å². The first-order valence-electron chi connectivity index (χ1n) is 28.5. The van der Waals surface area contributed by atoms with E-state index in [1.807, 2.05) is 128 Å². The average Bonchev–Trinajstić information content (AvgIpc) is 3.47. The van der Waals surface area contributed by atoms with Crippen LogP contribution in [0.5, 0.6) is 0 Å². The highest BCUT2D eigenvalue weighted by atomic mass is 32.2. The maximum absolute atomic E-state index is 14.6. The van der Waals surface area contributed by atoms with Crippen LogP contribution in [-0.4, -0.2) is 58.2 Å². The quantitative estimate of drug-likeness (QED) is 0.0307. The lowest BCUT2D eigenvalue weighted by molar-refractivity contribution is -0.234. The lowest BCUT2D eigenvalue weighted by atomic mass is 9.80. The molecule has 0 aromatic heterocycles. The van der Waals surface area contributed by atoms with Crippen LogP contribution in [0.3, 0.4) is 0 Å². The number of rotatable bonds is 36. The monoisotopic (exact) mass is 1060 g/mol. The molecular formula is C67H85NO8S. The topological polar surface area (TPSA) is 102 Å². The van der Waals surface area contributed by atoms with Crippen LogP contribution >= 0.6 is 0 Å². The molecule has 0 amide bonds. The van der Waals surface area contributed by atoms with Gasteiger partial charge in [-0.25, -0.2) is 13.1 Å². The summed E-state index contributed by atoms with van der Waals surface area (Å²) in [6.07, 6.45) is 16.5. The molecule has 0 unspecified atom stereocenters. The van der Waals surface area contributed by atoms with Gasteiger partial charge in [-0.2, -0.15) is 0 Å². The molecule has 1 N–H and O–H groups in total. The molecule has 1 fully saturated rings. The van der Waals surface area contributed by atoms with E-state index in [2.05, 4.69) is 66.3 Å². The number of unbranched alkanes of at least 4 members (excludes halogenated alkanes) is 11. The number of ether oxygens (including phenoxy) is 6. The van der Waals surface area contributed by atoms with Crippen LogP contribution in [-0.2, 0) is 71.5 Å². The van der Waals surface area contributed by atoms with Gasteiger partial charge in [0.15, 0.2) is 0 Å². The molecule has 0 aliphatic heterocycles. The Hall–Kier alpha value is -5.27. The summed E-state index contributed by atoms with van der Waals surface area (Å²) < 4.78 is 74.0. The van der Waals surface area contributed by atoms with Crippen molar-refractivity contribution in [3.8, 4) is 0 Å². The molecule has 0 heterocycles. The third kappa shape index (κ3) is 21.1. The minimum atomic E-state index is -4.06. The standard InChI is InChI=1S/C67H85NO8S/c1-3-4-5-6-7-8-9-10-11-12-13-14-30-41-63(72-48-56-33-22-16-23-34-56)62(68-77(69,70)61-44-42-54(2)43-45-61)53-73-64-46-60(52-71-47-55-31-20-15-21-32-55)65(74-49-57-35-24-17-25-36-57)67(76-51-59-39-28-19-29-40-59)66(64)75-50-58-37-26-18-27-38-58/h15-45,60,62-68H,3-14,46-53H2,1-2H3/b41-30+/t60-,62+,63-,64+,65+,66+,67+/m1/s1. The van der Waals surface area contributed by atoms with E-state index in [4.69, 9.17) is 28.4 Å². The maximum atomic E-state index is 14.6. The minimum Gasteiger partial charge on any atom is -0.376 e. The Bertz CT molecular complexity index is 2610. The van der Waals surface area contributed by atoms with Gasteiger partial charge in [-0.3, -0.25) is 0 Å². The normalized spacial score (nSPS) is 18.6. The van der Waals surface area contributed by atoms with Crippen molar-refractivity contribution in [2.75, 3.05) is 13.2 Å². The van der Waals surface area contributed by atoms with Gasteiger partial charge in [0, 0.05) is 5.92 Å². The van der Waals surface area contributed by atoms with Gasteiger partial charge >= 0.3 is 0 Å². The van der Waals surface area contributed by atoms with Crippen molar-refractivity contribution < 1.29 is 36.8 Å². The average molecular weight is 1060 g/mol. The molecule has 0 bridgehead atoms. The van der Waals surface area contributed by atoms with Crippen molar-refractivity contribution >= 4 is 10.0 Å². The Balaban J connectivity index is 1.19. The van der Waals surface area contributed by atoms with E-state index in [-0.39, 0.29) is 24.0 Å². The van der Waals surface area contributed by atoms with Gasteiger partial charge in [0.1, 0.15) is 12.2 Å². The number of hydrogen-bond donors (Lipinski definition) is 1. The molecule has 6 aromatic carbocycles. The largest absolute Gasteiger partial charge is 0.376 e. The Kier molecular flexibility index (Phi) is 26.1. The van der Waals surface area contributed by atoms with E-state index in [0.29, 0.717) is 39.5 Å². The molecule has 0 saturated heterocycles. The van der Waals surface area contributed by atoms with Gasteiger partial charge in [-0.15, -0.1) is 0 Å². The summed E-state index contributed by atoms with van der Waals surface area (Å²) in [5.74, 6) is -0.205. The molecule has 7 atom stereocenters. The van der Waals surface area contributed by atoms with Crippen molar-refractivity contribution in [2.24, 2.45) is 5.92 Å². The number of nitrogens with one attached hydrogen (secondary N) is 1. The van der Waals surface area contributed by atoms with Crippen LogP contribution in [0.25, 0.3) is 0 Å². The summed E-state index contributed by atoms with van der Waals surface area (Å²) in [5, 5.41) is 0. The summed E-state index contributed by atoms with van der Waals surface area (Å²) in [4.78, 5) is 0.171. The summed E-state index contributed by atoms with van der Waals surface area (Å²) in [5.41, 5.74) is 6.08. The molecular weight excluding hydrogens is 979 g/mol. The summed E-state index contributed by atoms with van der Waals surface area (Å²) in [7, 11) is -4.06. The van der Waals surface area contributed by atoms with Gasteiger partial charge in [0.25, 0.3) is 0 Å². The molecule has 77 heavy (non-hydrogen) atoms. The van der Waals surface area contributed by atoms with E-state index in [0.717, 1.165) is 52.6 Å². The molecule has 7 rings (SSSR count). The van der Waals surface area contributed by atoms with Gasteiger partial charge in [-0.05, 0) is 66.1 Å². The van der Waals surface area contributed by atoms with Crippen molar-refractivity contribution in [3.63, 3.8) is 0 Å². The summed E-state index contributed by atoms with van der Waals surface area (Å²) in [6, 6.07) is 56.7. The molecule has 1 saturated carbocycles. The molecule has 0 radical (unpaired) electrons. The fraction of sp³-hybridized carbons (Fsp3) is 0.433. The predicted molar refractivity (Wildman–Crippen MR) is 310 cm³/mol. The Labute approximate surface area is 461 Å². The number of aryl methyl sites for hydroxylation is 1. The highest BCUT2D eigenvalue weighted by Crippen LogP contribution is 2.36. The molecule has 1 aliphatic carbocycles. The Morgan fingerprint density at radius 3 is 1.45 bits per heavy atom. The molecule has 10 heteroatoms. The number of sulfonamides is 1. The third-order valence-electron chi connectivity index (χ3n) is 14.4. The van der Waals surface area contributed by atoms with Gasteiger partial charge < -0.3 is 28.4 Å². The zero-order valence-electron chi connectivity index (χ0n) is 45.8. The fourth-order valence-electron chi connectivity index (χ4n) is 10.0. The van der Waals surface area contributed by atoms with Gasteiger partial charge in [0.2, 0.25) is 10.0 Å². The van der Waals surface area contributed by atoms with Crippen LogP contribution in [0.15, 0.2) is 193 Å². The molecule has 9 nitrogen and oxygen atoms in total. The Morgan fingerprint density at radius 1 is 0.506 bits per heavy atom. The smallest absolute Gasteiger partial charge is 0.240 e. The van der Waals surface area contributed by atoms with Crippen LogP contribution in [0.2, 0.25) is 0 Å². The number of allylic oxidation sites excluding steroid dienone is 1. The van der Waals surface area contributed by atoms with E-state index < -0.39 is 46.6 Å². The van der Waals surface area contributed by atoms with E-state index in [9.17, 15) is 8.42 Å². The van der Waals surface area contributed by atoms with Crippen molar-refractivity contribution in [3.05, 3.63) is 221 Å². The third-order valence-corrected chi connectivity index (χ3v) is 15.9. The molecule has 412 valence electrons. The van der Waals surface area contributed by atoms with Crippen LogP contribution in [0.1, 0.15) is 124 Å². The van der Waals surface area contributed by atoms with Crippen molar-refractivity contribution in [2.45, 2.75) is 172 Å². The highest BCUT2D eigenvalue weighted by molar-refractivity contribution is 7.89. The second-order valence-corrected chi connectivity index (χ2v) is 22.4. The zero-order chi connectivity index (χ0) is 53.6. The van der Waals surface area contributed by atoms with Crippen LogP contribution in [0.4, 0.5) is 0 Å². The van der Waals surface area contributed by atoms with Crippen LogP contribution < -0.4 is 4.72 Å². The number of benzene rings is 6. The van der Waals surface area contributed by atoms with Crippen molar-refractivity contribution in [1.82, 2.24) is 4.72 Å². The summed E-state index contributed by atoms with van der Waals surface area (Å²) in [6.45, 7) is 6.21. The predicted octanol–water partition coefficient (Wildman–Crippen LogP) is 14.9. The SMILES string of the molecule is CCCCCCCCCCCCC/C=C/[C@@H](OCc1ccccc1)[C@H](CO[C@H]1C[C@H](COCc2ccccc2)[C@H](OCc2ccccc2)[C@H](OCc2ccccc2)[C@H]1OCc1ccccc1)NS(=O)(=O)c1ccc(C)cc1. The Morgan fingerprint density at radius 2 is 0.948 bits per heavy atom. The van der Waals surface area contributed by atoms with E-state index in [1.165, 1.54) is 57.8 Å². The highest BCUT2D eigenvalue weighted by Gasteiger charge is 2.48. The first-order valence-corrected chi connectivity index (χ1v) is 29.9. The molecule has 6 aromatic rings. The van der Waals surface area contributed by atoms with Gasteiger partial charge in [0.05, 0.1) is 75.5 Å². The zero-order valence-corrected chi connectivity index (χ0v) is 46.6. The first-order chi connectivity index (χ1) is 37.8.